The second kappa shape index (κ2) is 8.64. The van der Waals surface area contributed by atoms with Gasteiger partial charge in [-0.3, -0.25) is 4.79 Å². The Morgan fingerprint density at radius 1 is 1.21 bits per heavy atom. The van der Waals surface area contributed by atoms with Crippen molar-refractivity contribution in [2.75, 3.05) is 11.9 Å². The Hall–Kier alpha value is -2.14. The summed E-state index contributed by atoms with van der Waals surface area (Å²) in [6.07, 6.45) is 1.14. The van der Waals surface area contributed by atoms with Crippen molar-refractivity contribution in [2.24, 2.45) is 5.92 Å². The van der Waals surface area contributed by atoms with Gasteiger partial charge < -0.3 is 10.1 Å². The number of benzene rings is 1. The number of hydrogen-bond acceptors (Lipinski definition) is 4. The molecule has 2 aromatic rings. The summed E-state index contributed by atoms with van der Waals surface area (Å²) in [4.78, 5) is 25.3. The zero-order valence-corrected chi connectivity index (χ0v) is 15.1. The average Bonchev–Trinajstić information content (AvgIpc) is 2.90. The molecule has 0 saturated heterocycles. The van der Waals surface area contributed by atoms with Gasteiger partial charge in [-0.2, -0.15) is 0 Å². The van der Waals surface area contributed by atoms with Crippen LogP contribution in [0.2, 0.25) is 0 Å². The highest BCUT2D eigenvalue weighted by Crippen LogP contribution is 2.31. The van der Waals surface area contributed by atoms with E-state index in [2.05, 4.69) is 5.32 Å². The van der Waals surface area contributed by atoms with E-state index in [0.29, 0.717) is 23.6 Å². The van der Waals surface area contributed by atoms with Crippen molar-refractivity contribution in [3.05, 3.63) is 52.4 Å². The van der Waals surface area contributed by atoms with Gasteiger partial charge in [0.2, 0.25) is 5.91 Å². The summed E-state index contributed by atoms with van der Waals surface area (Å²) in [5.74, 6) is -0.212. The first-order valence-electron chi connectivity index (χ1n) is 8.13. The predicted octanol–water partition coefficient (Wildman–Crippen LogP) is 4.50. The van der Waals surface area contributed by atoms with Crippen LogP contribution < -0.4 is 5.32 Å². The molecule has 0 saturated carbocycles. The molecule has 24 heavy (non-hydrogen) atoms. The lowest BCUT2D eigenvalue weighted by Gasteiger charge is -2.07. The number of carbonyl (C=O) groups is 2. The van der Waals surface area contributed by atoms with Crippen LogP contribution in [0.25, 0.3) is 0 Å². The molecular weight excluding hydrogens is 322 g/mol. The number of rotatable bonds is 7. The molecule has 1 amide bonds. The Kier molecular flexibility index (Phi) is 6.55. The number of thiophene rings is 1. The van der Waals surface area contributed by atoms with Gasteiger partial charge in [-0.25, -0.2) is 4.79 Å². The Morgan fingerprint density at radius 3 is 2.54 bits per heavy atom. The average molecular weight is 345 g/mol. The summed E-state index contributed by atoms with van der Waals surface area (Å²) < 4.78 is 5.11. The van der Waals surface area contributed by atoms with Gasteiger partial charge in [0, 0.05) is 17.7 Å². The van der Waals surface area contributed by atoms with Crippen molar-refractivity contribution >= 4 is 28.2 Å². The third-order valence-corrected chi connectivity index (χ3v) is 4.40. The quantitative estimate of drug-likeness (QED) is 0.752. The molecule has 2 rings (SSSR count). The minimum Gasteiger partial charge on any atom is -0.462 e. The van der Waals surface area contributed by atoms with Crippen LogP contribution in [-0.4, -0.2) is 18.5 Å². The fraction of sp³-hybridized carbons (Fsp3) is 0.368. The Bertz CT molecular complexity index is 692. The molecule has 0 spiro atoms. The molecule has 128 valence electrons. The van der Waals surface area contributed by atoms with Gasteiger partial charge in [-0.15, -0.1) is 11.3 Å². The lowest BCUT2D eigenvalue weighted by Crippen LogP contribution is -2.15. The monoisotopic (exact) mass is 345 g/mol. The second-order valence-corrected chi connectivity index (χ2v) is 7.12. The molecule has 1 N–H and O–H groups in total. The largest absolute Gasteiger partial charge is 0.462 e. The van der Waals surface area contributed by atoms with E-state index in [4.69, 9.17) is 4.74 Å². The first kappa shape index (κ1) is 18.2. The maximum atomic E-state index is 12.2. The Morgan fingerprint density at radius 2 is 1.92 bits per heavy atom. The predicted molar refractivity (Wildman–Crippen MR) is 97.6 cm³/mol. The summed E-state index contributed by atoms with van der Waals surface area (Å²) in [6.45, 7) is 6.05. The zero-order valence-electron chi connectivity index (χ0n) is 14.3. The van der Waals surface area contributed by atoms with Gasteiger partial charge in [-0.1, -0.05) is 44.2 Å². The number of anilines is 1. The lowest BCUT2D eigenvalue weighted by atomic mass is 10.1. The minimum absolute atomic E-state index is 0.0799. The summed E-state index contributed by atoms with van der Waals surface area (Å²) in [5.41, 5.74) is 1.60. The van der Waals surface area contributed by atoms with Crippen molar-refractivity contribution < 1.29 is 14.3 Å². The molecule has 0 aliphatic carbocycles. The van der Waals surface area contributed by atoms with Crippen LogP contribution in [0.4, 0.5) is 5.00 Å². The van der Waals surface area contributed by atoms with Crippen molar-refractivity contribution in [1.29, 1.82) is 0 Å². The molecular formula is C19H23NO3S. The van der Waals surface area contributed by atoms with E-state index in [1.54, 1.807) is 6.92 Å². The molecule has 0 aliphatic heterocycles. The lowest BCUT2D eigenvalue weighted by molar-refractivity contribution is -0.116. The van der Waals surface area contributed by atoms with Gasteiger partial charge in [0.25, 0.3) is 0 Å². The molecule has 5 heteroatoms. The van der Waals surface area contributed by atoms with Gasteiger partial charge >= 0.3 is 5.97 Å². The zero-order chi connectivity index (χ0) is 17.5. The van der Waals surface area contributed by atoms with Crippen LogP contribution in [0.15, 0.2) is 36.4 Å². The van der Waals surface area contributed by atoms with E-state index in [1.807, 2.05) is 50.2 Å². The smallest absolute Gasteiger partial charge is 0.341 e. The molecule has 1 aromatic heterocycles. The molecule has 0 atom stereocenters. The minimum atomic E-state index is -0.395. The van der Waals surface area contributed by atoms with Crippen molar-refractivity contribution in [3.8, 4) is 0 Å². The normalized spacial score (nSPS) is 10.7. The van der Waals surface area contributed by atoms with E-state index in [-0.39, 0.29) is 11.8 Å². The molecule has 0 radical (unpaired) electrons. The van der Waals surface area contributed by atoms with Crippen LogP contribution >= 0.6 is 11.3 Å². The first-order valence-corrected chi connectivity index (χ1v) is 8.94. The number of esters is 1. The van der Waals surface area contributed by atoms with Gasteiger partial charge in [0.1, 0.15) is 5.00 Å². The molecule has 1 heterocycles. The van der Waals surface area contributed by atoms with Gasteiger partial charge in [0.15, 0.2) is 0 Å². The second-order valence-electron chi connectivity index (χ2n) is 5.98. The molecule has 0 unspecified atom stereocenters. The van der Waals surface area contributed by atoms with Crippen LogP contribution in [0.1, 0.15) is 48.0 Å². The molecule has 0 aliphatic rings. The van der Waals surface area contributed by atoms with E-state index in [9.17, 15) is 9.59 Å². The van der Waals surface area contributed by atoms with Crippen LogP contribution in [0, 0.1) is 5.92 Å². The van der Waals surface area contributed by atoms with Gasteiger partial charge in [0.05, 0.1) is 12.2 Å². The summed E-state index contributed by atoms with van der Waals surface area (Å²) >= 11 is 1.43. The van der Waals surface area contributed by atoms with E-state index in [1.165, 1.54) is 11.3 Å². The fourth-order valence-corrected chi connectivity index (χ4v) is 3.42. The molecule has 4 nitrogen and oxygen atoms in total. The summed E-state index contributed by atoms with van der Waals surface area (Å²) in [5, 5.41) is 3.44. The van der Waals surface area contributed by atoms with Crippen molar-refractivity contribution in [3.63, 3.8) is 0 Å². The van der Waals surface area contributed by atoms with Crippen LogP contribution in [-0.2, 0) is 16.0 Å². The first-order chi connectivity index (χ1) is 11.5. The number of hydrogen-bond donors (Lipinski definition) is 1. The highest BCUT2D eigenvalue weighted by Gasteiger charge is 2.19. The SMILES string of the molecule is CCOC(=O)c1cc(Cc2ccccc2)sc1NC(=O)CC(C)C. The number of nitrogens with one attached hydrogen (secondary N) is 1. The Balaban J connectivity index is 2.22. The summed E-state index contributed by atoms with van der Waals surface area (Å²) in [6, 6.07) is 11.8. The topological polar surface area (TPSA) is 55.4 Å². The van der Waals surface area contributed by atoms with E-state index in [0.717, 1.165) is 16.9 Å². The van der Waals surface area contributed by atoms with E-state index < -0.39 is 5.97 Å². The molecule has 0 fully saturated rings. The number of carbonyl (C=O) groups excluding carboxylic acids is 2. The number of amides is 1. The third-order valence-electron chi connectivity index (χ3n) is 3.35. The standard InChI is InChI=1S/C19H23NO3S/c1-4-23-19(22)16-12-15(11-14-8-6-5-7-9-14)24-18(16)20-17(21)10-13(2)3/h5-9,12-13H,4,10-11H2,1-3H3,(H,20,21). The number of ether oxygens (including phenoxy) is 1. The van der Waals surface area contributed by atoms with Crippen molar-refractivity contribution in [1.82, 2.24) is 0 Å². The fourth-order valence-electron chi connectivity index (χ4n) is 2.33. The van der Waals surface area contributed by atoms with Gasteiger partial charge in [-0.05, 0) is 24.5 Å². The molecule has 1 aromatic carbocycles. The third kappa shape index (κ3) is 5.20. The summed E-state index contributed by atoms with van der Waals surface area (Å²) in [7, 11) is 0. The van der Waals surface area contributed by atoms with Crippen LogP contribution in [0.3, 0.4) is 0 Å². The Labute approximate surface area is 146 Å². The highest BCUT2D eigenvalue weighted by atomic mass is 32.1. The van der Waals surface area contributed by atoms with Crippen LogP contribution in [0.5, 0.6) is 0 Å². The maximum Gasteiger partial charge on any atom is 0.341 e. The van der Waals surface area contributed by atoms with Crippen molar-refractivity contribution in [2.45, 2.75) is 33.6 Å². The maximum absolute atomic E-state index is 12.2. The highest BCUT2D eigenvalue weighted by molar-refractivity contribution is 7.16. The van der Waals surface area contributed by atoms with E-state index >= 15 is 0 Å². The molecule has 0 bridgehead atoms.